The Kier molecular flexibility index (Phi) is 7.61. The van der Waals surface area contributed by atoms with E-state index in [1.807, 2.05) is 17.9 Å². The van der Waals surface area contributed by atoms with Gasteiger partial charge in [0.25, 0.3) is 5.69 Å². The molecular weight excluding hydrogens is 346 g/mol. The van der Waals surface area contributed by atoms with Gasteiger partial charge in [-0.05, 0) is 18.9 Å². The molecule has 9 heteroatoms. The first-order valence-electron chi connectivity index (χ1n) is 7.95. The molecule has 2 atom stereocenters. The van der Waals surface area contributed by atoms with Crippen molar-refractivity contribution in [3.05, 3.63) is 33.9 Å². The van der Waals surface area contributed by atoms with Crippen LogP contribution in [0.2, 0.25) is 0 Å². The summed E-state index contributed by atoms with van der Waals surface area (Å²) < 4.78 is 0. The largest absolute Gasteiger partial charge is 0.369 e. The van der Waals surface area contributed by atoms with E-state index in [1.165, 1.54) is 12.1 Å². The number of nitrogens with zero attached hydrogens (tertiary/aromatic N) is 3. The normalized spacial score (nSPS) is 17.4. The molecule has 0 spiro atoms. The third kappa shape index (κ3) is 5.05. The van der Waals surface area contributed by atoms with Gasteiger partial charge < -0.3 is 16.0 Å². The Balaban J connectivity index is 0.00000312. The number of nitrogens with one attached hydrogen (secondary N) is 1. The zero-order chi connectivity index (χ0) is 17.7. The third-order valence-electron chi connectivity index (χ3n) is 4.20. The second-order valence-corrected chi connectivity index (χ2v) is 5.91. The molecule has 1 aliphatic heterocycles. The second kappa shape index (κ2) is 9.20. The molecule has 0 aromatic heterocycles. The predicted octanol–water partition coefficient (Wildman–Crippen LogP) is 1.71. The van der Waals surface area contributed by atoms with Crippen molar-refractivity contribution in [1.82, 2.24) is 5.32 Å². The molecule has 1 saturated heterocycles. The van der Waals surface area contributed by atoms with E-state index >= 15 is 0 Å². The number of hydrogen-bond acceptors (Lipinski definition) is 6. The summed E-state index contributed by atoms with van der Waals surface area (Å²) in [5, 5.41) is 23.4. The van der Waals surface area contributed by atoms with Crippen molar-refractivity contribution in [2.24, 2.45) is 5.73 Å². The topological polar surface area (TPSA) is 125 Å². The summed E-state index contributed by atoms with van der Waals surface area (Å²) in [6, 6.07) is 6.06. The van der Waals surface area contributed by atoms with Gasteiger partial charge in [0, 0.05) is 31.3 Å². The fourth-order valence-corrected chi connectivity index (χ4v) is 3.00. The molecule has 1 aliphatic rings. The molecule has 1 aromatic carbocycles. The summed E-state index contributed by atoms with van der Waals surface area (Å²) in [7, 11) is 0. The number of carbonyl (C=O) groups excluding carboxylic acids is 1. The van der Waals surface area contributed by atoms with Crippen LogP contribution in [0.5, 0.6) is 0 Å². The predicted molar refractivity (Wildman–Crippen MR) is 96.7 cm³/mol. The number of non-ortho nitro benzene ring substituents is 1. The lowest BCUT2D eigenvalue weighted by atomic mass is 10.1. The average Bonchev–Trinajstić information content (AvgIpc) is 3.02. The Hall–Kier alpha value is -2.37. The summed E-state index contributed by atoms with van der Waals surface area (Å²) in [5.41, 5.74) is 6.28. The number of carbonyl (C=O) groups is 1. The first-order chi connectivity index (χ1) is 11.5. The van der Waals surface area contributed by atoms with Crippen molar-refractivity contribution in [3.63, 3.8) is 0 Å². The van der Waals surface area contributed by atoms with Gasteiger partial charge in [0.1, 0.15) is 6.07 Å². The number of nitriles is 1. The van der Waals surface area contributed by atoms with Gasteiger partial charge in [-0.15, -0.1) is 12.4 Å². The molecule has 0 saturated carbocycles. The minimum absolute atomic E-state index is 0. The summed E-state index contributed by atoms with van der Waals surface area (Å²) >= 11 is 0. The standard InChI is InChI=1S/C16H21N5O3.ClH/c1-2-3-14(16(18)22)19-12-6-7-20(10-12)15-5-4-13(21(23)24)8-11(15)9-17;/h4-5,8,12,14,19H,2-3,6-7,10H2,1H3,(H2,18,22);1H/t12-,14-;/m0./s1. The number of nitrogens with two attached hydrogens (primary N) is 1. The fourth-order valence-electron chi connectivity index (χ4n) is 3.00. The highest BCUT2D eigenvalue weighted by atomic mass is 35.5. The number of rotatable bonds is 7. The van der Waals surface area contributed by atoms with Crippen LogP contribution in [0.3, 0.4) is 0 Å². The van der Waals surface area contributed by atoms with Gasteiger partial charge in [0.05, 0.1) is 22.2 Å². The van der Waals surface area contributed by atoms with E-state index in [9.17, 15) is 20.2 Å². The van der Waals surface area contributed by atoms with Crippen LogP contribution in [-0.2, 0) is 4.79 Å². The molecule has 1 heterocycles. The van der Waals surface area contributed by atoms with Gasteiger partial charge in [-0.1, -0.05) is 13.3 Å². The molecule has 1 fully saturated rings. The van der Waals surface area contributed by atoms with Gasteiger partial charge in [-0.25, -0.2) is 0 Å². The zero-order valence-corrected chi connectivity index (χ0v) is 14.8. The number of primary amides is 1. The van der Waals surface area contributed by atoms with E-state index in [2.05, 4.69) is 5.32 Å². The molecule has 1 aromatic rings. The highest BCUT2D eigenvalue weighted by molar-refractivity contribution is 5.85. The maximum absolute atomic E-state index is 11.5. The van der Waals surface area contributed by atoms with Crippen LogP contribution in [0, 0.1) is 21.4 Å². The number of halogens is 1. The van der Waals surface area contributed by atoms with E-state index in [0.29, 0.717) is 25.2 Å². The van der Waals surface area contributed by atoms with E-state index in [0.717, 1.165) is 12.8 Å². The summed E-state index contributed by atoms with van der Waals surface area (Å²) in [5.74, 6) is -0.358. The SMILES string of the molecule is CCC[C@H](N[C@H]1CCN(c2ccc([N+](=O)[O-])cc2C#N)C1)C(N)=O.Cl. The molecule has 25 heavy (non-hydrogen) atoms. The van der Waals surface area contributed by atoms with Crippen LogP contribution in [0.25, 0.3) is 0 Å². The third-order valence-corrected chi connectivity index (χ3v) is 4.20. The Morgan fingerprint density at radius 1 is 1.60 bits per heavy atom. The van der Waals surface area contributed by atoms with Crippen molar-refractivity contribution in [2.45, 2.75) is 38.3 Å². The summed E-state index contributed by atoms with van der Waals surface area (Å²) in [6.45, 7) is 3.33. The Morgan fingerprint density at radius 2 is 2.32 bits per heavy atom. The van der Waals surface area contributed by atoms with Crippen molar-refractivity contribution in [1.29, 1.82) is 5.26 Å². The average molecular weight is 368 g/mol. The first kappa shape index (κ1) is 20.7. The maximum atomic E-state index is 11.5. The summed E-state index contributed by atoms with van der Waals surface area (Å²) in [4.78, 5) is 23.8. The lowest BCUT2D eigenvalue weighted by molar-refractivity contribution is -0.384. The first-order valence-corrected chi connectivity index (χ1v) is 7.95. The fraction of sp³-hybridized carbons (Fsp3) is 0.500. The summed E-state index contributed by atoms with van der Waals surface area (Å²) in [6.07, 6.45) is 2.36. The Morgan fingerprint density at radius 3 is 2.88 bits per heavy atom. The van der Waals surface area contributed by atoms with Gasteiger partial charge in [0.2, 0.25) is 5.91 Å². The molecule has 0 unspecified atom stereocenters. The smallest absolute Gasteiger partial charge is 0.270 e. The lowest BCUT2D eigenvalue weighted by Crippen LogP contribution is -2.47. The van der Waals surface area contributed by atoms with Gasteiger partial charge in [-0.2, -0.15) is 5.26 Å². The minimum Gasteiger partial charge on any atom is -0.369 e. The molecule has 0 aliphatic carbocycles. The van der Waals surface area contributed by atoms with Gasteiger partial charge >= 0.3 is 0 Å². The van der Waals surface area contributed by atoms with E-state index in [1.54, 1.807) is 6.07 Å². The molecule has 1 amide bonds. The van der Waals surface area contributed by atoms with Crippen LogP contribution in [0.4, 0.5) is 11.4 Å². The molecule has 2 rings (SSSR count). The van der Waals surface area contributed by atoms with Crippen molar-refractivity contribution in [3.8, 4) is 6.07 Å². The molecular formula is C16H22ClN5O3. The second-order valence-electron chi connectivity index (χ2n) is 5.91. The maximum Gasteiger partial charge on any atom is 0.270 e. The van der Waals surface area contributed by atoms with Crippen molar-refractivity contribution in [2.75, 3.05) is 18.0 Å². The van der Waals surface area contributed by atoms with Gasteiger partial charge in [-0.3, -0.25) is 14.9 Å². The molecule has 3 N–H and O–H groups in total. The molecule has 0 radical (unpaired) electrons. The zero-order valence-electron chi connectivity index (χ0n) is 14.0. The van der Waals surface area contributed by atoms with E-state index in [-0.39, 0.29) is 41.6 Å². The van der Waals surface area contributed by atoms with E-state index < -0.39 is 4.92 Å². The Bertz CT molecular complexity index is 676. The van der Waals surface area contributed by atoms with Crippen LogP contribution < -0.4 is 16.0 Å². The van der Waals surface area contributed by atoms with Crippen molar-refractivity contribution < 1.29 is 9.72 Å². The number of nitro groups is 1. The monoisotopic (exact) mass is 367 g/mol. The molecule has 8 nitrogen and oxygen atoms in total. The molecule has 136 valence electrons. The number of amides is 1. The molecule has 0 bridgehead atoms. The minimum atomic E-state index is -0.513. The van der Waals surface area contributed by atoms with Crippen molar-refractivity contribution >= 4 is 29.7 Å². The van der Waals surface area contributed by atoms with Gasteiger partial charge in [0.15, 0.2) is 0 Å². The van der Waals surface area contributed by atoms with E-state index in [4.69, 9.17) is 5.73 Å². The highest BCUT2D eigenvalue weighted by Gasteiger charge is 2.28. The number of anilines is 1. The highest BCUT2D eigenvalue weighted by Crippen LogP contribution is 2.28. The number of hydrogen-bond donors (Lipinski definition) is 2. The van der Waals surface area contributed by atoms with Crippen LogP contribution in [0.15, 0.2) is 18.2 Å². The lowest BCUT2D eigenvalue weighted by Gasteiger charge is -2.22. The Labute approximate surface area is 152 Å². The van der Waals surface area contributed by atoms with Crippen LogP contribution >= 0.6 is 12.4 Å². The quantitative estimate of drug-likeness (QED) is 0.558. The number of nitro benzene ring substituents is 1. The van der Waals surface area contributed by atoms with Crippen LogP contribution in [-0.4, -0.2) is 36.0 Å². The number of benzene rings is 1. The van der Waals surface area contributed by atoms with Crippen LogP contribution in [0.1, 0.15) is 31.7 Å².